The van der Waals surface area contributed by atoms with Crippen molar-refractivity contribution < 1.29 is 9.32 Å². The second-order valence-corrected chi connectivity index (χ2v) is 7.75. The minimum absolute atomic E-state index is 0.0563. The van der Waals surface area contributed by atoms with Crippen molar-refractivity contribution in [2.75, 3.05) is 43.0 Å². The van der Waals surface area contributed by atoms with E-state index in [1.165, 1.54) is 0 Å². The van der Waals surface area contributed by atoms with Crippen molar-refractivity contribution in [3.8, 4) is 0 Å². The number of nitrogens with zero attached hydrogens (tertiary/aromatic N) is 7. The van der Waals surface area contributed by atoms with E-state index in [0.717, 1.165) is 51.9 Å². The Kier molecular flexibility index (Phi) is 5.61. The van der Waals surface area contributed by atoms with Crippen LogP contribution in [0.1, 0.15) is 42.4 Å². The van der Waals surface area contributed by atoms with Crippen LogP contribution in [0.15, 0.2) is 16.9 Å². The van der Waals surface area contributed by atoms with E-state index >= 15 is 0 Å². The van der Waals surface area contributed by atoms with E-state index in [9.17, 15) is 4.79 Å². The smallest absolute Gasteiger partial charge is 0.324 e. The zero-order chi connectivity index (χ0) is 20.4. The number of carbonyl (C=O) groups is 1. The molecule has 0 aliphatic carbocycles. The third-order valence-corrected chi connectivity index (χ3v) is 5.77. The number of carbonyl (C=O) groups excluding carboxylic acids is 1. The maximum absolute atomic E-state index is 12.9. The number of anilines is 2. The largest absolute Gasteiger partial charge is 0.339 e. The van der Waals surface area contributed by atoms with Gasteiger partial charge in [-0.05, 0) is 19.3 Å². The molecular formula is C19H28N8O2. The molecule has 0 aromatic carbocycles. The van der Waals surface area contributed by atoms with Crippen molar-refractivity contribution >= 4 is 17.9 Å². The van der Waals surface area contributed by atoms with Gasteiger partial charge in [0, 0.05) is 64.1 Å². The highest BCUT2D eigenvalue weighted by Crippen LogP contribution is 2.22. The van der Waals surface area contributed by atoms with Gasteiger partial charge in [0.25, 0.3) is 5.91 Å². The topological polar surface area (TPSA) is 118 Å². The van der Waals surface area contributed by atoms with Crippen molar-refractivity contribution in [1.29, 1.82) is 0 Å². The number of amides is 1. The van der Waals surface area contributed by atoms with Crippen molar-refractivity contribution in [3.05, 3.63) is 23.8 Å². The Hall–Kier alpha value is -2.75. The molecule has 2 saturated heterocycles. The number of rotatable bonds is 5. The number of aromatic nitrogens is 4. The fraction of sp³-hybridized carbons (Fsp3) is 0.632. The van der Waals surface area contributed by atoms with Gasteiger partial charge in [0.2, 0.25) is 5.95 Å². The third-order valence-electron chi connectivity index (χ3n) is 5.77. The molecule has 10 nitrogen and oxygen atoms in total. The van der Waals surface area contributed by atoms with Gasteiger partial charge < -0.3 is 25.0 Å². The van der Waals surface area contributed by atoms with Crippen LogP contribution in [0.25, 0.3) is 0 Å². The molecule has 1 unspecified atom stereocenters. The number of hydrogen-bond acceptors (Lipinski definition) is 9. The van der Waals surface area contributed by atoms with E-state index in [4.69, 9.17) is 10.3 Å². The Morgan fingerprint density at radius 2 is 1.90 bits per heavy atom. The quantitative estimate of drug-likeness (QED) is 0.774. The van der Waals surface area contributed by atoms with Gasteiger partial charge in [-0.15, -0.1) is 0 Å². The predicted molar refractivity (Wildman–Crippen MR) is 108 cm³/mol. The molecule has 2 aliphatic rings. The maximum Gasteiger partial charge on any atom is 0.324 e. The molecule has 1 atom stereocenters. The van der Waals surface area contributed by atoms with Crippen LogP contribution in [0.5, 0.6) is 0 Å². The number of piperidine rings is 1. The fourth-order valence-corrected chi connectivity index (χ4v) is 3.89. The molecule has 4 rings (SSSR count). The predicted octanol–water partition coefficient (Wildman–Crippen LogP) is 0.700. The van der Waals surface area contributed by atoms with Crippen LogP contribution in [0, 0.1) is 0 Å². The van der Waals surface area contributed by atoms with E-state index in [0.29, 0.717) is 23.4 Å². The van der Waals surface area contributed by atoms with Crippen molar-refractivity contribution in [3.63, 3.8) is 0 Å². The van der Waals surface area contributed by atoms with E-state index in [1.54, 1.807) is 17.3 Å². The first-order chi connectivity index (χ1) is 14.0. The fourth-order valence-electron chi connectivity index (χ4n) is 3.89. The number of nitrogens with two attached hydrogens (primary N) is 1. The highest BCUT2D eigenvalue weighted by molar-refractivity contribution is 5.93. The van der Waals surface area contributed by atoms with Crippen LogP contribution in [0.4, 0.5) is 12.0 Å². The normalized spacial score (nSPS) is 20.3. The zero-order valence-corrected chi connectivity index (χ0v) is 17.0. The molecule has 2 N–H and O–H groups in total. The van der Waals surface area contributed by atoms with Crippen LogP contribution < -0.4 is 15.5 Å². The van der Waals surface area contributed by atoms with Gasteiger partial charge in [-0.25, -0.2) is 9.97 Å². The summed E-state index contributed by atoms with van der Waals surface area (Å²) in [5.74, 6) is 1.30. The molecule has 4 heterocycles. The van der Waals surface area contributed by atoms with Gasteiger partial charge in [0.15, 0.2) is 5.82 Å². The average molecular weight is 400 g/mol. The number of hydrogen-bond donors (Lipinski definition) is 1. The van der Waals surface area contributed by atoms with Crippen LogP contribution in [-0.4, -0.2) is 76.2 Å². The molecule has 0 spiro atoms. The van der Waals surface area contributed by atoms with E-state index in [2.05, 4.69) is 29.9 Å². The Balaban J connectivity index is 1.33. The Morgan fingerprint density at radius 3 is 2.48 bits per heavy atom. The van der Waals surface area contributed by atoms with E-state index in [1.807, 2.05) is 14.0 Å². The molecule has 10 heteroatoms. The Bertz CT molecular complexity index is 831. The van der Waals surface area contributed by atoms with Gasteiger partial charge in [0.1, 0.15) is 0 Å². The molecule has 1 amide bonds. The van der Waals surface area contributed by atoms with E-state index < -0.39 is 0 Å². The summed E-state index contributed by atoms with van der Waals surface area (Å²) in [4.78, 5) is 32.0. The van der Waals surface area contributed by atoms with Crippen LogP contribution in [0.2, 0.25) is 0 Å². The lowest BCUT2D eigenvalue weighted by Crippen LogP contribution is -2.45. The van der Waals surface area contributed by atoms with Crippen molar-refractivity contribution in [2.45, 2.75) is 44.7 Å². The van der Waals surface area contributed by atoms with Gasteiger partial charge in [-0.2, -0.15) is 4.98 Å². The van der Waals surface area contributed by atoms with Gasteiger partial charge in [-0.1, -0.05) is 12.1 Å². The minimum atomic E-state index is -0.0563. The molecule has 0 saturated carbocycles. The van der Waals surface area contributed by atoms with Gasteiger partial charge in [-0.3, -0.25) is 4.79 Å². The first-order valence-electron chi connectivity index (χ1n) is 10.2. The molecule has 29 heavy (non-hydrogen) atoms. The maximum atomic E-state index is 12.9. The molecule has 2 aromatic heterocycles. The summed E-state index contributed by atoms with van der Waals surface area (Å²) in [5.41, 5.74) is 6.45. The summed E-state index contributed by atoms with van der Waals surface area (Å²) in [6.07, 6.45) is 6.61. The summed E-state index contributed by atoms with van der Waals surface area (Å²) in [6.45, 7) is 5.16. The second kappa shape index (κ2) is 8.32. The monoisotopic (exact) mass is 400 g/mol. The molecule has 0 radical (unpaired) electrons. The minimum Gasteiger partial charge on any atom is -0.339 e. The molecule has 2 fully saturated rings. The Labute approximate surface area is 170 Å². The van der Waals surface area contributed by atoms with E-state index in [-0.39, 0.29) is 18.0 Å². The first-order valence-corrected chi connectivity index (χ1v) is 10.2. The van der Waals surface area contributed by atoms with Crippen LogP contribution in [0.3, 0.4) is 0 Å². The lowest BCUT2D eigenvalue weighted by molar-refractivity contribution is 0.0707. The molecular weight excluding hydrogens is 372 g/mol. The van der Waals surface area contributed by atoms with Crippen molar-refractivity contribution in [2.24, 2.45) is 5.73 Å². The van der Waals surface area contributed by atoms with Gasteiger partial charge in [0.05, 0.1) is 5.56 Å². The highest BCUT2D eigenvalue weighted by Gasteiger charge is 2.28. The summed E-state index contributed by atoms with van der Waals surface area (Å²) in [5, 5.41) is 3.96. The Morgan fingerprint density at radius 1 is 1.21 bits per heavy atom. The summed E-state index contributed by atoms with van der Waals surface area (Å²) < 4.78 is 5.32. The first kappa shape index (κ1) is 19.6. The lowest BCUT2D eigenvalue weighted by atomic mass is 10.0. The SMILES string of the molecule is CCc1noc(N2CCC(N(C)C(=O)c3cnc(N4CCC(N)C4)nc3)CC2)n1. The third kappa shape index (κ3) is 4.16. The number of aryl methyl sites for hydroxylation is 1. The second-order valence-electron chi connectivity index (χ2n) is 7.75. The van der Waals surface area contributed by atoms with Crippen LogP contribution >= 0.6 is 0 Å². The zero-order valence-electron chi connectivity index (χ0n) is 17.0. The molecule has 0 bridgehead atoms. The molecule has 2 aromatic rings. The van der Waals surface area contributed by atoms with Crippen molar-refractivity contribution in [1.82, 2.24) is 25.0 Å². The molecule has 156 valence electrons. The standard InChI is InChI=1S/C19H28N8O2/c1-3-16-23-19(29-24-16)26-8-5-15(6-9-26)25(2)17(28)13-10-21-18(22-11-13)27-7-4-14(20)12-27/h10-11,14-15H,3-9,12,20H2,1-2H3. The lowest BCUT2D eigenvalue weighted by Gasteiger charge is -2.35. The summed E-state index contributed by atoms with van der Waals surface area (Å²) in [6, 6.07) is 0.890. The van der Waals surface area contributed by atoms with Crippen LogP contribution in [-0.2, 0) is 6.42 Å². The van der Waals surface area contributed by atoms with Gasteiger partial charge >= 0.3 is 6.01 Å². The highest BCUT2D eigenvalue weighted by atomic mass is 16.5. The average Bonchev–Trinajstić information content (AvgIpc) is 3.42. The summed E-state index contributed by atoms with van der Waals surface area (Å²) >= 11 is 0. The summed E-state index contributed by atoms with van der Waals surface area (Å²) in [7, 11) is 1.85. The molecule has 2 aliphatic heterocycles.